The van der Waals surface area contributed by atoms with Gasteiger partial charge in [-0.3, -0.25) is 4.79 Å². The number of unbranched alkanes of at least 4 members (excludes halogenated alkanes) is 1. The summed E-state index contributed by atoms with van der Waals surface area (Å²) in [5.74, 6) is -1.92. The summed E-state index contributed by atoms with van der Waals surface area (Å²) in [6.07, 6.45) is 1.93. The van der Waals surface area contributed by atoms with Gasteiger partial charge in [-0.15, -0.1) is 11.3 Å². The standard InChI is InChI=1S/C23H23FN2O3S/c1-2-3-12-26(15-19-5-4-13-30-19)21-11-10-18(14-20(21)23(28)29)25-22(27)16-6-8-17(24)9-7-16/h4-11,13-14H,2-3,12,15H2,1H3,(H,25,27)(H,28,29). The van der Waals surface area contributed by atoms with Gasteiger partial charge in [-0.2, -0.15) is 0 Å². The molecule has 5 nitrogen and oxygen atoms in total. The summed E-state index contributed by atoms with van der Waals surface area (Å²) in [6.45, 7) is 3.45. The van der Waals surface area contributed by atoms with Crippen molar-refractivity contribution < 1.29 is 19.1 Å². The highest BCUT2D eigenvalue weighted by atomic mass is 32.1. The molecular weight excluding hydrogens is 403 g/mol. The molecule has 0 aliphatic rings. The van der Waals surface area contributed by atoms with Crippen LogP contribution in [0.3, 0.4) is 0 Å². The first kappa shape index (κ1) is 21.5. The van der Waals surface area contributed by atoms with E-state index >= 15 is 0 Å². The van der Waals surface area contributed by atoms with Crippen molar-refractivity contribution in [1.29, 1.82) is 0 Å². The second-order valence-corrected chi connectivity index (χ2v) is 7.88. The van der Waals surface area contributed by atoms with E-state index in [4.69, 9.17) is 0 Å². The van der Waals surface area contributed by atoms with E-state index < -0.39 is 17.7 Å². The fourth-order valence-electron chi connectivity index (χ4n) is 3.09. The van der Waals surface area contributed by atoms with Crippen LogP contribution < -0.4 is 10.2 Å². The van der Waals surface area contributed by atoms with Gasteiger partial charge in [-0.1, -0.05) is 19.4 Å². The number of amides is 1. The molecule has 0 aliphatic carbocycles. The van der Waals surface area contributed by atoms with Crippen molar-refractivity contribution in [3.63, 3.8) is 0 Å². The first-order valence-electron chi connectivity index (χ1n) is 9.69. The van der Waals surface area contributed by atoms with Crippen LogP contribution in [-0.2, 0) is 6.54 Å². The number of benzene rings is 2. The van der Waals surface area contributed by atoms with Crippen LogP contribution in [0.4, 0.5) is 15.8 Å². The van der Waals surface area contributed by atoms with Crippen LogP contribution in [0.2, 0.25) is 0 Å². The van der Waals surface area contributed by atoms with Crippen LogP contribution >= 0.6 is 11.3 Å². The number of anilines is 2. The lowest BCUT2D eigenvalue weighted by Crippen LogP contribution is -2.25. The van der Waals surface area contributed by atoms with E-state index in [1.54, 1.807) is 23.5 Å². The lowest BCUT2D eigenvalue weighted by Gasteiger charge is -2.26. The number of nitrogens with zero attached hydrogens (tertiary/aromatic N) is 1. The zero-order valence-electron chi connectivity index (χ0n) is 16.6. The summed E-state index contributed by atoms with van der Waals surface area (Å²) in [4.78, 5) is 27.6. The minimum Gasteiger partial charge on any atom is -0.478 e. The molecule has 30 heavy (non-hydrogen) atoms. The van der Waals surface area contributed by atoms with E-state index in [-0.39, 0.29) is 5.56 Å². The highest BCUT2D eigenvalue weighted by Crippen LogP contribution is 2.28. The number of nitrogens with one attached hydrogen (secondary N) is 1. The second kappa shape index (κ2) is 10.0. The molecule has 0 spiro atoms. The molecule has 0 aliphatic heterocycles. The smallest absolute Gasteiger partial charge is 0.337 e. The quantitative estimate of drug-likeness (QED) is 0.464. The molecule has 0 fully saturated rings. The maximum Gasteiger partial charge on any atom is 0.337 e. The predicted octanol–water partition coefficient (Wildman–Crippen LogP) is 5.64. The minimum atomic E-state index is -1.06. The van der Waals surface area contributed by atoms with Crippen LogP contribution in [0.1, 0.15) is 45.4 Å². The molecule has 2 aromatic carbocycles. The van der Waals surface area contributed by atoms with Crippen molar-refractivity contribution in [2.24, 2.45) is 0 Å². The van der Waals surface area contributed by atoms with Crippen molar-refractivity contribution in [3.05, 3.63) is 81.8 Å². The molecule has 3 aromatic rings. The molecule has 1 aromatic heterocycles. The molecule has 1 heterocycles. The number of hydrogen-bond acceptors (Lipinski definition) is 4. The lowest BCUT2D eigenvalue weighted by molar-refractivity contribution is 0.0697. The van der Waals surface area contributed by atoms with Gasteiger partial charge in [0.05, 0.1) is 17.8 Å². The minimum absolute atomic E-state index is 0.125. The van der Waals surface area contributed by atoms with Crippen molar-refractivity contribution in [2.75, 3.05) is 16.8 Å². The SMILES string of the molecule is CCCCN(Cc1cccs1)c1ccc(NC(=O)c2ccc(F)cc2)cc1C(=O)O. The number of thiophene rings is 1. The summed E-state index contributed by atoms with van der Waals surface area (Å²) in [7, 11) is 0. The Morgan fingerprint density at radius 2 is 1.90 bits per heavy atom. The number of hydrogen-bond donors (Lipinski definition) is 2. The number of rotatable bonds is 9. The van der Waals surface area contributed by atoms with E-state index in [1.807, 2.05) is 17.5 Å². The van der Waals surface area contributed by atoms with Crippen LogP contribution in [0, 0.1) is 5.82 Å². The van der Waals surface area contributed by atoms with Crippen LogP contribution in [0.15, 0.2) is 60.0 Å². The Hall–Kier alpha value is -3.19. The van der Waals surface area contributed by atoms with Crippen molar-refractivity contribution in [3.8, 4) is 0 Å². The van der Waals surface area contributed by atoms with Crippen LogP contribution in [0.25, 0.3) is 0 Å². The Morgan fingerprint density at radius 3 is 2.53 bits per heavy atom. The molecule has 0 saturated heterocycles. The Balaban J connectivity index is 1.86. The maximum atomic E-state index is 13.1. The molecule has 0 radical (unpaired) electrons. The number of halogens is 1. The third-order valence-electron chi connectivity index (χ3n) is 4.64. The molecular formula is C23H23FN2O3S. The van der Waals surface area contributed by atoms with Crippen molar-refractivity contribution in [2.45, 2.75) is 26.3 Å². The molecule has 3 rings (SSSR count). The molecule has 0 atom stereocenters. The lowest BCUT2D eigenvalue weighted by atomic mass is 10.1. The summed E-state index contributed by atoms with van der Waals surface area (Å²) in [6, 6.07) is 14.1. The van der Waals surface area contributed by atoms with E-state index in [1.165, 1.54) is 30.3 Å². The van der Waals surface area contributed by atoms with Gasteiger partial charge in [0.15, 0.2) is 0 Å². The molecule has 0 saturated carbocycles. The van der Waals surface area contributed by atoms with Crippen LogP contribution in [-0.4, -0.2) is 23.5 Å². The third-order valence-corrected chi connectivity index (χ3v) is 5.50. The zero-order valence-corrected chi connectivity index (χ0v) is 17.4. The molecule has 2 N–H and O–H groups in total. The van der Waals surface area contributed by atoms with Gasteiger partial charge in [-0.05, 0) is 60.3 Å². The topological polar surface area (TPSA) is 69.6 Å². The fourth-order valence-corrected chi connectivity index (χ4v) is 3.81. The highest BCUT2D eigenvalue weighted by Gasteiger charge is 2.18. The van der Waals surface area contributed by atoms with Crippen molar-refractivity contribution in [1.82, 2.24) is 0 Å². The predicted molar refractivity (Wildman–Crippen MR) is 118 cm³/mol. The van der Waals surface area contributed by atoms with E-state index in [0.29, 0.717) is 23.5 Å². The van der Waals surface area contributed by atoms with Gasteiger partial charge >= 0.3 is 5.97 Å². The second-order valence-electron chi connectivity index (χ2n) is 6.85. The Bertz CT molecular complexity index is 1000. The average molecular weight is 427 g/mol. The van der Waals surface area contributed by atoms with E-state index in [2.05, 4.69) is 17.1 Å². The molecule has 156 valence electrons. The molecule has 7 heteroatoms. The van der Waals surface area contributed by atoms with Gasteiger partial charge in [0.25, 0.3) is 5.91 Å². The molecule has 1 amide bonds. The maximum absolute atomic E-state index is 13.1. The molecule has 0 bridgehead atoms. The van der Waals surface area contributed by atoms with Gasteiger partial charge < -0.3 is 15.3 Å². The average Bonchev–Trinajstić information content (AvgIpc) is 3.24. The first-order valence-corrected chi connectivity index (χ1v) is 10.6. The largest absolute Gasteiger partial charge is 0.478 e. The monoisotopic (exact) mass is 426 g/mol. The normalized spacial score (nSPS) is 10.6. The Labute approximate surface area is 178 Å². The summed E-state index contributed by atoms with van der Waals surface area (Å²) in [5, 5.41) is 14.5. The van der Waals surface area contributed by atoms with Crippen molar-refractivity contribution >= 4 is 34.6 Å². The van der Waals surface area contributed by atoms with Crippen LogP contribution in [0.5, 0.6) is 0 Å². The third kappa shape index (κ3) is 5.45. The first-order chi connectivity index (χ1) is 14.5. The van der Waals surface area contributed by atoms with E-state index in [9.17, 15) is 19.1 Å². The van der Waals surface area contributed by atoms with Gasteiger partial charge in [0, 0.05) is 22.7 Å². The summed E-state index contributed by atoms with van der Waals surface area (Å²) < 4.78 is 13.1. The Morgan fingerprint density at radius 1 is 1.13 bits per heavy atom. The summed E-state index contributed by atoms with van der Waals surface area (Å²) >= 11 is 1.63. The number of carboxylic acid groups (broad SMARTS) is 1. The van der Waals surface area contributed by atoms with Gasteiger partial charge in [-0.25, -0.2) is 9.18 Å². The summed E-state index contributed by atoms with van der Waals surface area (Å²) in [5.41, 5.74) is 1.40. The van der Waals surface area contributed by atoms with E-state index in [0.717, 1.165) is 24.3 Å². The molecule has 0 unspecified atom stereocenters. The zero-order chi connectivity index (χ0) is 21.5. The number of carbonyl (C=O) groups is 2. The number of carboxylic acids is 1. The van der Waals surface area contributed by atoms with Gasteiger partial charge in [0.2, 0.25) is 0 Å². The Kier molecular flexibility index (Phi) is 7.19. The number of aromatic carboxylic acids is 1. The fraction of sp³-hybridized carbons (Fsp3) is 0.217. The number of carbonyl (C=O) groups excluding carboxylic acids is 1. The van der Waals surface area contributed by atoms with Gasteiger partial charge in [0.1, 0.15) is 5.82 Å². The highest BCUT2D eigenvalue weighted by molar-refractivity contribution is 7.09.